The van der Waals surface area contributed by atoms with Gasteiger partial charge in [-0.15, -0.1) is 0 Å². The molecule has 0 aliphatic carbocycles. The Kier molecular flexibility index (Phi) is 7.02. The lowest BCUT2D eigenvalue weighted by Gasteiger charge is -2.27. The summed E-state index contributed by atoms with van der Waals surface area (Å²) in [4.78, 5) is 12.4. The van der Waals surface area contributed by atoms with Gasteiger partial charge in [0, 0.05) is 33.4 Å². The van der Waals surface area contributed by atoms with Crippen LogP contribution in [0.4, 0.5) is 0 Å². The molecule has 0 spiro atoms. The first-order valence-electron chi connectivity index (χ1n) is 8.26. The SMILES string of the molecule is CO[C@@H]1CN[C@@H]([C@H](OC)[C@@H](C)C(=O)NCCc2ccccc2)C1. The third kappa shape index (κ3) is 5.03. The summed E-state index contributed by atoms with van der Waals surface area (Å²) in [5, 5.41) is 6.41. The Labute approximate surface area is 138 Å². The molecule has 128 valence electrons. The van der Waals surface area contributed by atoms with Gasteiger partial charge in [-0.2, -0.15) is 0 Å². The Morgan fingerprint density at radius 1 is 1.35 bits per heavy atom. The Morgan fingerprint density at radius 3 is 2.70 bits per heavy atom. The summed E-state index contributed by atoms with van der Waals surface area (Å²) < 4.78 is 11.0. The zero-order chi connectivity index (χ0) is 16.7. The van der Waals surface area contributed by atoms with Crippen LogP contribution in [0.15, 0.2) is 30.3 Å². The first-order valence-corrected chi connectivity index (χ1v) is 8.26. The molecule has 1 aliphatic heterocycles. The van der Waals surface area contributed by atoms with Crippen LogP contribution >= 0.6 is 0 Å². The number of hydrogen-bond acceptors (Lipinski definition) is 4. The standard InChI is InChI=1S/C18H28N2O3/c1-13(17(23-3)16-11-15(22-2)12-20-16)18(21)19-10-9-14-7-5-4-6-8-14/h4-8,13,15-17,20H,9-12H2,1-3H3,(H,19,21)/t13-,15+,16-,17-/m1/s1. The van der Waals surface area contributed by atoms with Crippen LogP contribution in [0.5, 0.6) is 0 Å². The predicted octanol–water partition coefficient (Wildman–Crippen LogP) is 1.37. The summed E-state index contributed by atoms with van der Waals surface area (Å²) in [6.07, 6.45) is 1.76. The molecule has 2 N–H and O–H groups in total. The second kappa shape index (κ2) is 9.01. The smallest absolute Gasteiger partial charge is 0.225 e. The highest BCUT2D eigenvalue weighted by Crippen LogP contribution is 2.20. The van der Waals surface area contributed by atoms with Crippen LogP contribution in [0.1, 0.15) is 18.9 Å². The molecule has 1 fully saturated rings. The van der Waals surface area contributed by atoms with Gasteiger partial charge >= 0.3 is 0 Å². The number of methoxy groups -OCH3 is 2. The summed E-state index contributed by atoms with van der Waals surface area (Å²) in [6.45, 7) is 3.37. The summed E-state index contributed by atoms with van der Waals surface area (Å²) in [5.74, 6) is -0.167. The van der Waals surface area contributed by atoms with Gasteiger partial charge in [-0.25, -0.2) is 0 Å². The van der Waals surface area contributed by atoms with Crippen molar-refractivity contribution in [3.8, 4) is 0 Å². The number of amides is 1. The molecule has 5 heteroatoms. The third-order valence-electron chi connectivity index (χ3n) is 4.59. The Morgan fingerprint density at radius 2 is 2.09 bits per heavy atom. The lowest BCUT2D eigenvalue weighted by molar-refractivity contribution is -0.129. The van der Waals surface area contributed by atoms with Crippen molar-refractivity contribution < 1.29 is 14.3 Å². The van der Waals surface area contributed by atoms with E-state index in [2.05, 4.69) is 22.8 Å². The number of rotatable bonds is 8. The number of nitrogens with one attached hydrogen (secondary N) is 2. The van der Waals surface area contributed by atoms with Gasteiger partial charge in [0.2, 0.25) is 5.91 Å². The van der Waals surface area contributed by atoms with Crippen LogP contribution in [0.3, 0.4) is 0 Å². The van der Waals surface area contributed by atoms with Gasteiger partial charge in [0.05, 0.1) is 18.1 Å². The van der Waals surface area contributed by atoms with Crippen molar-refractivity contribution in [3.05, 3.63) is 35.9 Å². The molecule has 23 heavy (non-hydrogen) atoms. The fourth-order valence-corrected chi connectivity index (χ4v) is 3.16. The van der Waals surface area contributed by atoms with Crippen molar-refractivity contribution >= 4 is 5.91 Å². The van der Waals surface area contributed by atoms with E-state index in [-0.39, 0.29) is 30.1 Å². The zero-order valence-corrected chi connectivity index (χ0v) is 14.2. The van der Waals surface area contributed by atoms with E-state index in [1.165, 1.54) is 5.56 Å². The van der Waals surface area contributed by atoms with Crippen molar-refractivity contribution in [2.45, 2.75) is 38.0 Å². The van der Waals surface area contributed by atoms with Crippen LogP contribution < -0.4 is 10.6 Å². The molecule has 0 saturated carbocycles. The van der Waals surface area contributed by atoms with E-state index in [0.717, 1.165) is 19.4 Å². The van der Waals surface area contributed by atoms with Crippen molar-refractivity contribution in [2.75, 3.05) is 27.3 Å². The van der Waals surface area contributed by atoms with Gasteiger partial charge < -0.3 is 20.1 Å². The number of carbonyl (C=O) groups excluding carboxylic acids is 1. The molecular weight excluding hydrogens is 292 g/mol. The Hall–Kier alpha value is -1.43. The van der Waals surface area contributed by atoms with Crippen LogP contribution in [-0.4, -0.2) is 51.5 Å². The Balaban J connectivity index is 1.80. The monoisotopic (exact) mass is 320 g/mol. The van der Waals surface area contributed by atoms with Crippen molar-refractivity contribution in [2.24, 2.45) is 5.92 Å². The summed E-state index contributed by atoms with van der Waals surface area (Å²) in [7, 11) is 3.39. The van der Waals surface area contributed by atoms with Gasteiger partial charge in [-0.1, -0.05) is 37.3 Å². The van der Waals surface area contributed by atoms with Crippen LogP contribution in [0.2, 0.25) is 0 Å². The zero-order valence-electron chi connectivity index (χ0n) is 14.2. The molecule has 1 saturated heterocycles. The quantitative estimate of drug-likeness (QED) is 0.760. The molecule has 1 aliphatic rings. The van der Waals surface area contributed by atoms with Crippen molar-refractivity contribution in [1.82, 2.24) is 10.6 Å². The second-order valence-corrected chi connectivity index (χ2v) is 6.12. The molecule has 4 atom stereocenters. The van der Waals surface area contributed by atoms with Crippen LogP contribution in [0.25, 0.3) is 0 Å². The highest BCUT2D eigenvalue weighted by molar-refractivity contribution is 5.79. The minimum absolute atomic E-state index is 0.0375. The molecule has 0 aromatic heterocycles. The normalized spacial score (nSPS) is 23.4. The summed E-state index contributed by atoms with van der Waals surface area (Å²) in [5.41, 5.74) is 1.23. The Bertz CT molecular complexity index is 480. The van der Waals surface area contributed by atoms with Crippen LogP contribution in [0, 0.1) is 5.92 Å². The average Bonchev–Trinajstić information content (AvgIpc) is 3.05. The maximum absolute atomic E-state index is 12.4. The fourth-order valence-electron chi connectivity index (χ4n) is 3.16. The van der Waals surface area contributed by atoms with Gasteiger partial charge in [0.1, 0.15) is 0 Å². The summed E-state index contributed by atoms with van der Waals surface area (Å²) in [6, 6.07) is 10.3. The van der Waals surface area contributed by atoms with Gasteiger partial charge in [0.25, 0.3) is 0 Å². The van der Waals surface area contributed by atoms with E-state index in [4.69, 9.17) is 9.47 Å². The topological polar surface area (TPSA) is 59.6 Å². The van der Waals surface area contributed by atoms with Crippen molar-refractivity contribution in [3.63, 3.8) is 0 Å². The molecule has 0 radical (unpaired) electrons. The second-order valence-electron chi connectivity index (χ2n) is 6.12. The molecule has 1 amide bonds. The molecule has 2 rings (SSSR count). The average molecular weight is 320 g/mol. The van der Waals surface area contributed by atoms with Gasteiger partial charge in [0.15, 0.2) is 0 Å². The van der Waals surface area contributed by atoms with Crippen LogP contribution in [-0.2, 0) is 20.7 Å². The number of carbonyl (C=O) groups is 1. The molecule has 0 bridgehead atoms. The highest BCUT2D eigenvalue weighted by atomic mass is 16.5. The maximum atomic E-state index is 12.4. The van der Waals surface area contributed by atoms with E-state index < -0.39 is 0 Å². The number of hydrogen-bond donors (Lipinski definition) is 2. The molecule has 0 unspecified atom stereocenters. The lowest BCUT2D eigenvalue weighted by atomic mass is 9.95. The molecule has 1 aromatic carbocycles. The predicted molar refractivity (Wildman–Crippen MR) is 90.3 cm³/mol. The lowest BCUT2D eigenvalue weighted by Crippen LogP contribution is -2.46. The van der Waals surface area contributed by atoms with Gasteiger partial charge in [-0.3, -0.25) is 4.79 Å². The fraction of sp³-hybridized carbons (Fsp3) is 0.611. The number of benzene rings is 1. The molecule has 1 aromatic rings. The van der Waals surface area contributed by atoms with E-state index >= 15 is 0 Å². The molecule has 1 heterocycles. The number of ether oxygens (including phenoxy) is 2. The highest BCUT2D eigenvalue weighted by Gasteiger charge is 2.36. The third-order valence-corrected chi connectivity index (χ3v) is 4.59. The molecular formula is C18H28N2O3. The van der Waals surface area contributed by atoms with E-state index in [0.29, 0.717) is 6.54 Å². The molecule has 5 nitrogen and oxygen atoms in total. The van der Waals surface area contributed by atoms with Crippen molar-refractivity contribution in [1.29, 1.82) is 0 Å². The van der Waals surface area contributed by atoms with E-state index in [1.807, 2.05) is 25.1 Å². The van der Waals surface area contributed by atoms with Gasteiger partial charge in [-0.05, 0) is 18.4 Å². The largest absolute Gasteiger partial charge is 0.380 e. The first kappa shape index (κ1) is 17.9. The first-order chi connectivity index (χ1) is 11.2. The summed E-state index contributed by atoms with van der Waals surface area (Å²) >= 11 is 0. The van der Waals surface area contributed by atoms with E-state index in [1.54, 1.807) is 14.2 Å². The minimum atomic E-state index is -0.205. The minimum Gasteiger partial charge on any atom is -0.380 e. The van der Waals surface area contributed by atoms with E-state index in [9.17, 15) is 4.79 Å². The maximum Gasteiger partial charge on any atom is 0.225 e.